The molecule has 50 heavy (non-hydrogen) atoms. The molecule has 2 unspecified atom stereocenters. The number of amides is 2. The van der Waals surface area contributed by atoms with Crippen molar-refractivity contribution in [3.05, 3.63) is 215 Å². The maximum absolute atomic E-state index is 14.1. The van der Waals surface area contributed by atoms with Crippen LogP contribution in [0.1, 0.15) is 33.4 Å². The topological polar surface area (TPSA) is 98.7 Å². The second kappa shape index (κ2) is 15.6. The number of hydrogen-bond acceptors (Lipinski definition) is 4. The van der Waals surface area contributed by atoms with Crippen LogP contribution in [0.15, 0.2) is 182 Å². The SMILES string of the molecule is O=C(NC(Cc1ccccc1)C(O)(c1ccccc1)c1ccccc1)C(=O)NC(Cc1ccccc1)C(O)(c1ccccc1)c1ccccc1. The van der Waals surface area contributed by atoms with Gasteiger partial charge < -0.3 is 20.8 Å². The average Bonchev–Trinajstić information content (AvgIpc) is 3.19. The fourth-order valence-corrected chi connectivity index (χ4v) is 6.66. The van der Waals surface area contributed by atoms with Crippen molar-refractivity contribution in [2.45, 2.75) is 36.1 Å². The summed E-state index contributed by atoms with van der Waals surface area (Å²) in [6, 6.07) is 53.8. The van der Waals surface area contributed by atoms with E-state index in [0.29, 0.717) is 22.3 Å². The molecule has 6 nitrogen and oxygen atoms in total. The van der Waals surface area contributed by atoms with Crippen molar-refractivity contribution in [3.8, 4) is 0 Å². The smallest absolute Gasteiger partial charge is 0.309 e. The van der Waals surface area contributed by atoms with E-state index in [0.717, 1.165) is 11.1 Å². The highest BCUT2D eigenvalue weighted by atomic mass is 16.3. The summed E-state index contributed by atoms with van der Waals surface area (Å²) in [6.45, 7) is 0. The van der Waals surface area contributed by atoms with Gasteiger partial charge in [-0.2, -0.15) is 0 Å². The molecule has 2 amide bonds. The van der Waals surface area contributed by atoms with Crippen LogP contribution in [-0.2, 0) is 33.6 Å². The summed E-state index contributed by atoms with van der Waals surface area (Å²) in [5.41, 5.74) is 0.601. The Balaban J connectivity index is 1.38. The van der Waals surface area contributed by atoms with Gasteiger partial charge in [0.2, 0.25) is 0 Å². The van der Waals surface area contributed by atoms with E-state index in [4.69, 9.17) is 0 Å². The van der Waals surface area contributed by atoms with Crippen LogP contribution >= 0.6 is 0 Å². The molecule has 0 aromatic heterocycles. The van der Waals surface area contributed by atoms with Gasteiger partial charge in [-0.15, -0.1) is 0 Å². The molecule has 250 valence electrons. The molecule has 6 aromatic carbocycles. The molecule has 6 aromatic rings. The minimum absolute atomic E-state index is 0.228. The van der Waals surface area contributed by atoms with Crippen molar-refractivity contribution in [1.29, 1.82) is 0 Å². The molecule has 0 bridgehead atoms. The molecule has 0 aliphatic rings. The first kappa shape index (κ1) is 34.1. The Morgan fingerprint density at radius 3 is 0.860 bits per heavy atom. The van der Waals surface area contributed by atoms with Gasteiger partial charge >= 0.3 is 11.8 Å². The van der Waals surface area contributed by atoms with Gasteiger partial charge in [0, 0.05) is 0 Å². The summed E-state index contributed by atoms with van der Waals surface area (Å²) in [4.78, 5) is 28.2. The largest absolute Gasteiger partial charge is 0.378 e. The van der Waals surface area contributed by atoms with Crippen LogP contribution in [0.2, 0.25) is 0 Å². The molecule has 0 heterocycles. The average molecular weight is 661 g/mol. The number of aliphatic hydroxyl groups is 2. The number of carbonyl (C=O) groups excluding carboxylic acids is 2. The summed E-state index contributed by atoms with van der Waals surface area (Å²) < 4.78 is 0. The Morgan fingerprint density at radius 2 is 0.620 bits per heavy atom. The lowest BCUT2D eigenvalue weighted by Gasteiger charge is -2.39. The van der Waals surface area contributed by atoms with Gasteiger partial charge in [0.15, 0.2) is 0 Å². The highest BCUT2D eigenvalue weighted by molar-refractivity contribution is 6.35. The number of carbonyl (C=O) groups is 2. The predicted octanol–water partition coefficient (Wildman–Crippen LogP) is 6.31. The van der Waals surface area contributed by atoms with Crippen molar-refractivity contribution in [3.63, 3.8) is 0 Å². The highest BCUT2D eigenvalue weighted by Gasteiger charge is 2.44. The van der Waals surface area contributed by atoms with Crippen LogP contribution in [0.3, 0.4) is 0 Å². The molecule has 0 saturated heterocycles. The molecular formula is C44H40N2O4. The van der Waals surface area contributed by atoms with E-state index in [1.165, 1.54) is 0 Å². The molecule has 0 aliphatic heterocycles. The fourth-order valence-electron chi connectivity index (χ4n) is 6.66. The number of benzene rings is 6. The second-order valence-electron chi connectivity index (χ2n) is 12.4. The minimum atomic E-state index is -1.70. The van der Waals surface area contributed by atoms with Gasteiger partial charge in [0.25, 0.3) is 0 Å². The molecule has 0 spiro atoms. The lowest BCUT2D eigenvalue weighted by Crippen LogP contribution is -2.59. The maximum Gasteiger partial charge on any atom is 0.309 e. The highest BCUT2D eigenvalue weighted by Crippen LogP contribution is 2.36. The van der Waals surface area contributed by atoms with Crippen LogP contribution in [-0.4, -0.2) is 34.1 Å². The molecule has 6 rings (SSSR count). The number of nitrogens with one attached hydrogen (secondary N) is 2. The third kappa shape index (κ3) is 7.42. The van der Waals surface area contributed by atoms with Crippen LogP contribution < -0.4 is 10.6 Å². The maximum atomic E-state index is 14.1. The predicted molar refractivity (Wildman–Crippen MR) is 196 cm³/mol. The minimum Gasteiger partial charge on any atom is -0.378 e. The second-order valence-corrected chi connectivity index (χ2v) is 12.4. The molecule has 2 atom stereocenters. The third-order valence-corrected chi connectivity index (χ3v) is 9.25. The summed E-state index contributed by atoms with van der Waals surface area (Å²) in [7, 11) is 0. The van der Waals surface area contributed by atoms with Gasteiger partial charge in [0.1, 0.15) is 11.2 Å². The molecule has 0 fully saturated rings. The fraction of sp³-hybridized carbons (Fsp3) is 0.136. The summed E-state index contributed by atoms with van der Waals surface area (Å²) >= 11 is 0. The summed E-state index contributed by atoms with van der Waals surface area (Å²) in [5.74, 6) is -1.87. The number of rotatable bonds is 12. The first-order valence-corrected chi connectivity index (χ1v) is 16.7. The lowest BCUT2D eigenvalue weighted by atomic mass is 9.77. The summed E-state index contributed by atoms with van der Waals surface area (Å²) in [6.07, 6.45) is 0.455. The zero-order chi connectivity index (χ0) is 34.8. The van der Waals surface area contributed by atoms with Crippen molar-refractivity contribution in [2.24, 2.45) is 0 Å². The van der Waals surface area contributed by atoms with Crippen molar-refractivity contribution in [1.82, 2.24) is 10.6 Å². The van der Waals surface area contributed by atoms with E-state index in [1.54, 1.807) is 0 Å². The van der Waals surface area contributed by atoms with E-state index in [-0.39, 0.29) is 12.8 Å². The quantitative estimate of drug-likeness (QED) is 0.116. The van der Waals surface area contributed by atoms with E-state index in [2.05, 4.69) is 10.6 Å². The van der Waals surface area contributed by atoms with E-state index < -0.39 is 35.1 Å². The summed E-state index contributed by atoms with van der Waals surface area (Å²) in [5, 5.41) is 31.3. The van der Waals surface area contributed by atoms with E-state index in [1.807, 2.05) is 182 Å². The van der Waals surface area contributed by atoms with Gasteiger partial charge in [0.05, 0.1) is 12.1 Å². The normalized spacial score (nSPS) is 12.8. The van der Waals surface area contributed by atoms with Crippen LogP contribution in [0.4, 0.5) is 0 Å². The Labute approximate surface area is 293 Å². The molecular weight excluding hydrogens is 620 g/mol. The molecule has 0 aliphatic carbocycles. The third-order valence-electron chi connectivity index (χ3n) is 9.25. The van der Waals surface area contributed by atoms with Gasteiger partial charge in [-0.25, -0.2) is 0 Å². The van der Waals surface area contributed by atoms with Gasteiger partial charge in [-0.1, -0.05) is 182 Å². The molecule has 0 radical (unpaired) electrons. The van der Waals surface area contributed by atoms with E-state index in [9.17, 15) is 19.8 Å². The number of hydrogen-bond donors (Lipinski definition) is 4. The molecule has 4 N–H and O–H groups in total. The Hall–Kier alpha value is -5.82. The van der Waals surface area contributed by atoms with Gasteiger partial charge in [-0.05, 0) is 46.2 Å². The Morgan fingerprint density at radius 1 is 0.400 bits per heavy atom. The first-order chi connectivity index (χ1) is 24.4. The Bertz CT molecular complexity index is 1730. The lowest BCUT2D eigenvalue weighted by molar-refractivity contribution is -0.142. The van der Waals surface area contributed by atoms with Crippen LogP contribution in [0.25, 0.3) is 0 Å². The first-order valence-electron chi connectivity index (χ1n) is 16.7. The van der Waals surface area contributed by atoms with Crippen molar-refractivity contribution < 1.29 is 19.8 Å². The van der Waals surface area contributed by atoms with Crippen LogP contribution in [0.5, 0.6) is 0 Å². The monoisotopic (exact) mass is 660 g/mol. The van der Waals surface area contributed by atoms with Crippen molar-refractivity contribution >= 4 is 11.8 Å². The van der Waals surface area contributed by atoms with Crippen molar-refractivity contribution in [2.75, 3.05) is 0 Å². The zero-order valence-electron chi connectivity index (χ0n) is 27.6. The molecule has 0 saturated carbocycles. The van der Waals surface area contributed by atoms with Gasteiger partial charge in [-0.3, -0.25) is 9.59 Å². The standard InChI is InChI=1S/C44H40N2O4/c47-41(45-39(31-33-19-7-1-8-20-33)43(49,35-23-11-3-12-24-35)36-25-13-4-14-26-36)42(48)46-40(32-34-21-9-2-10-22-34)44(50,37-27-15-5-16-28-37)38-29-17-6-18-30-38/h1-30,39-40,49-50H,31-32H2,(H,45,47)(H,46,48). The van der Waals surface area contributed by atoms with Crippen LogP contribution in [0, 0.1) is 0 Å². The van der Waals surface area contributed by atoms with E-state index >= 15 is 0 Å². The molecule has 6 heteroatoms. The zero-order valence-corrected chi connectivity index (χ0v) is 27.6. The Kier molecular flexibility index (Phi) is 10.6.